The molecule has 0 bridgehead atoms. The van der Waals surface area contributed by atoms with E-state index in [9.17, 15) is 25.2 Å². The Morgan fingerprint density at radius 1 is 0.690 bits per heavy atom. The van der Waals surface area contributed by atoms with Crippen molar-refractivity contribution in [1.29, 1.82) is 0 Å². The Hall–Kier alpha value is -0.730. The second-order valence-electron chi connectivity index (χ2n) is 7.93. The first-order valence-electron chi connectivity index (χ1n) is 11.4. The maximum atomic E-state index is 11.8. The van der Waals surface area contributed by atoms with E-state index in [1.807, 2.05) is 0 Å². The SMILES string of the molecule is CCCCCCCCCCCCCCCC(=O)O[C@@H](CO)[C@H](O)[C@@H](O)[C@@H](O)CO. The standard InChI is InChI=1S/C22H44O7/c1-2-3-4-5-6-7-8-9-10-11-12-13-14-15-20(26)29-19(17-24)22(28)21(27)18(25)16-23/h18-19,21-25,27-28H,2-17H2,1H3/t18-,19-,21-,22-/m0/s1. The summed E-state index contributed by atoms with van der Waals surface area (Å²) < 4.78 is 4.99. The second-order valence-corrected chi connectivity index (χ2v) is 7.93. The number of carbonyl (C=O) groups excluding carboxylic acids is 1. The number of esters is 1. The number of ether oxygens (including phenoxy) is 1. The molecule has 5 N–H and O–H groups in total. The minimum atomic E-state index is -1.71. The van der Waals surface area contributed by atoms with Crippen LogP contribution in [0.4, 0.5) is 0 Å². The fourth-order valence-electron chi connectivity index (χ4n) is 3.29. The van der Waals surface area contributed by atoms with Gasteiger partial charge in [0.15, 0.2) is 6.10 Å². The van der Waals surface area contributed by atoms with Gasteiger partial charge in [0.1, 0.15) is 18.3 Å². The zero-order valence-corrected chi connectivity index (χ0v) is 18.2. The van der Waals surface area contributed by atoms with Crippen LogP contribution in [-0.4, -0.2) is 69.1 Å². The average Bonchev–Trinajstić information content (AvgIpc) is 2.73. The first kappa shape index (κ1) is 28.3. The molecule has 7 nitrogen and oxygen atoms in total. The van der Waals surface area contributed by atoms with Gasteiger partial charge in [-0.2, -0.15) is 0 Å². The van der Waals surface area contributed by atoms with E-state index >= 15 is 0 Å². The number of rotatable bonds is 20. The molecule has 174 valence electrons. The number of unbranched alkanes of at least 4 members (excludes halogenated alkanes) is 12. The third-order valence-electron chi connectivity index (χ3n) is 5.26. The molecule has 0 aliphatic rings. The van der Waals surface area contributed by atoms with Crippen molar-refractivity contribution in [1.82, 2.24) is 0 Å². The minimum Gasteiger partial charge on any atom is -0.457 e. The predicted octanol–water partition coefficient (Wildman–Crippen LogP) is 2.45. The molecule has 0 aromatic carbocycles. The Labute approximate surface area is 176 Å². The van der Waals surface area contributed by atoms with Crippen LogP contribution >= 0.6 is 0 Å². The summed E-state index contributed by atoms with van der Waals surface area (Å²) in [7, 11) is 0. The summed E-state index contributed by atoms with van der Waals surface area (Å²) in [6.07, 6.45) is 9.57. The van der Waals surface area contributed by atoms with Gasteiger partial charge >= 0.3 is 5.97 Å². The Morgan fingerprint density at radius 3 is 1.55 bits per heavy atom. The highest BCUT2D eigenvalue weighted by Crippen LogP contribution is 2.14. The van der Waals surface area contributed by atoms with Crippen molar-refractivity contribution < 1.29 is 35.1 Å². The monoisotopic (exact) mass is 420 g/mol. The molecule has 0 spiro atoms. The van der Waals surface area contributed by atoms with E-state index in [1.165, 1.54) is 57.8 Å². The minimum absolute atomic E-state index is 0.180. The molecule has 0 saturated heterocycles. The van der Waals surface area contributed by atoms with Gasteiger partial charge in [-0.3, -0.25) is 4.79 Å². The Balaban J connectivity index is 3.68. The lowest BCUT2D eigenvalue weighted by molar-refractivity contribution is -0.171. The van der Waals surface area contributed by atoms with Gasteiger partial charge in [0.25, 0.3) is 0 Å². The summed E-state index contributed by atoms with van der Waals surface area (Å²) in [4.78, 5) is 11.8. The van der Waals surface area contributed by atoms with Crippen LogP contribution in [0, 0.1) is 0 Å². The summed E-state index contributed by atoms with van der Waals surface area (Å²) in [5.74, 6) is -0.558. The molecule has 0 fully saturated rings. The maximum Gasteiger partial charge on any atom is 0.306 e. The molecule has 0 amide bonds. The summed E-state index contributed by atoms with van der Waals surface area (Å²) >= 11 is 0. The van der Waals surface area contributed by atoms with Gasteiger partial charge in [-0.15, -0.1) is 0 Å². The largest absolute Gasteiger partial charge is 0.457 e. The van der Waals surface area contributed by atoms with E-state index in [1.54, 1.807) is 0 Å². The highest BCUT2D eigenvalue weighted by molar-refractivity contribution is 5.69. The summed E-state index contributed by atoms with van der Waals surface area (Å²) in [6, 6.07) is 0. The Bertz CT molecular complexity index is 378. The molecule has 0 aromatic heterocycles. The number of carbonyl (C=O) groups is 1. The lowest BCUT2D eigenvalue weighted by atomic mass is 10.0. The summed E-state index contributed by atoms with van der Waals surface area (Å²) in [6.45, 7) is 0.807. The van der Waals surface area contributed by atoms with Crippen LogP contribution in [0.5, 0.6) is 0 Å². The summed E-state index contributed by atoms with van der Waals surface area (Å²) in [5, 5.41) is 46.8. The van der Waals surface area contributed by atoms with Gasteiger partial charge in [-0.25, -0.2) is 0 Å². The van der Waals surface area contributed by atoms with Crippen LogP contribution in [0.15, 0.2) is 0 Å². The van der Waals surface area contributed by atoms with E-state index in [2.05, 4.69) is 6.92 Å². The first-order chi connectivity index (χ1) is 14.0. The van der Waals surface area contributed by atoms with Gasteiger partial charge in [0.2, 0.25) is 0 Å². The van der Waals surface area contributed by atoms with Crippen molar-refractivity contribution in [2.75, 3.05) is 13.2 Å². The Kier molecular flexibility index (Phi) is 18.8. The van der Waals surface area contributed by atoms with Crippen molar-refractivity contribution in [3.05, 3.63) is 0 Å². The van der Waals surface area contributed by atoms with Crippen LogP contribution in [0.25, 0.3) is 0 Å². The third-order valence-corrected chi connectivity index (χ3v) is 5.26. The van der Waals surface area contributed by atoms with Crippen molar-refractivity contribution in [2.24, 2.45) is 0 Å². The highest BCUT2D eigenvalue weighted by Gasteiger charge is 2.33. The highest BCUT2D eigenvalue weighted by atomic mass is 16.6. The smallest absolute Gasteiger partial charge is 0.306 e. The van der Waals surface area contributed by atoms with Gasteiger partial charge in [-0.05, 0) is 6.42 Å². The Morgan fingerprint density at radius 2 is 1.14 bits per heavy atom. The molecule has 4 atom stereocenters. The van der Waals surface area contributed by atoms with E-state index in [0.29, 0.717) is 6.42 Å². The van der Waals surface area contributed by atoms with Gasteiger partial charge in [0, 0.05) is 6.42 Å². The quantitative estimate of drug-likeness (QED) is 0.151. The molecule has 0 heterocycles. The van der Waals surface area contributed by atoms with Crippen molar-refractivity contribution >= 4 is 5.97 Å². The normalized spacial score (nSPS) is 15.7. The fraction of sp³-hybridized carbons (Fsp3) is 0.955. The maximum absolute atomic E-state index is 11.8. The second kappa shape index (κ2) is 19.2. The van der Waals surface area contributed by atoms with E-state index in [4.69, 9.17) is 9.84 Å². The topological polar surface area (TPSA) is 127 Å². The van der Waals surface area contributed by atoms with E-state index < -0.39 is 43.6 Å². The van der Waals surface area contributed by atoms with Crippen LogP contribution in [0.1, 0.15) is 96.8 Å². The zero-order chi connectivity index (χ0) is 21.9. The van der Waals surface area contributed by atoms with Crippen molar-refractivity contribution in [2.45, 2.75) is 121 Å². The predicted molar refractivity (Wildman–Crippen MR) is 112 cm³/mol. The van der Waals surface area contributed by atoms with Crippen LogP contribution in [-0.2, 0) is 9.53 Å². The molecule has 0 aromatic rings. The molecular formula is C22H44O7. The lowest BCUT2D eigenvalue weighted by Crippen LogP contribution is -2.48. The number of hydrogen-bond acceptors (Lipinski definition) is 7. The van der Waals surface area contributed by atoms with Gasteiger partial charge < -0.3 is 30.3 Å². The van der Waals surface area contributed by atoms with E-state index in [0.717, 1.165) is 19.3 Å². The van der Waals surface area contributed by atoms with Crippen molar-refractivity contribution in [3.63, 3.8) is 0 Å². The number of aliphatic hydroxyl groups is 5. The molecule has 0 aliphatic carbocycles. The average molecular weight is 421 g/mol. The number of aliphatic hydroxyl groups excluding tert-OH is 5. The first-order valence-corrected chi connectivity index (χ1v) is 11.4. The molecular weight excluding hydrogens is 376 g/mol. The van der Waals surface area contributed by atoms with Crippen LogP contribution < -0.4 is 0 Å². The molecule has 0 rings (SSSR count). The third kappa shape index (κ3) is 14.8. The van der Waals surface area contributed by atoms with Gasteiger partial charge in [-0.1, -0.05) is 84.0 Å². The molecule has 0 radical (unpaired) electrons. The molecule has 7 heteroatoms. The lowest BCUT2D eigenvalue weighted by Gasteiger charge is -2.27. The van der Waals surface area contributed by atoms with Crippen molar-refractivity contribution in [3.8, 4) is 0 Å². The van der Waals surface area contributed by atoms with E-state index in [-0.39, 0.29) is 6.42 Å². The van der Waals surface area contributed by atoms with Crippen LogP contribution in [0.2, 0.25) is 0 Å². The number of hydrogen-bond donors (Lipinski definition) is 5. The van der Waals surface area contributed by atoms with Gasteiger partial charge in [0.05, 0.1) is 13.2 Å². The fourth-order valence-corrected chi connectivity index (χ4v) is 3.29. The zero-order valence-electron chi connectivity index (χ0n) is 18.2. The summed E-state index contributed by atoms with van der Waals surface area (Å²) in [5.41, 5.74) is 0. The molecule has 0 saturated carbocycles. The van der Waals surface area contributed by atoms with Crippen LogP contribution in [0.3, 0.4) is 0 Å². The molecule has 29 heavy (non-hydrogen) atoms. The molecule has 0 aliphatic heterocycles. The molecule has 0 unspecified atom stereocenters.